The highest BCUT2D eigenvalue weighted by Gasteiger charge is 2.17. The molecule has 0 rings (SSSR count). The minimum absolute atomic E-state index is 0.274. The molecule has 0 saturated carbocycles. The van der Waals surface area contributed by atoms with E-state index in [1.165, 1.54) is 4.31 Å². The summed E-state index contributed by atoms with van der Waals surface area (Å²) < 4.78 is 26.8. The molecule has 0 bridgehead atoms. The topological polar surface area (TPSA) is 69.6 Å². The fourth-order valence-electron chi connectivity index (χ4n) is 1.05. The Bertz CT molecular complexity index is 235. The lowest BCUT2D eigenvalue weighted by atomic mass is 10.3. The molecule has 5 nitrogen and oxygen atoms in total. The third-order valence-corrected chi connectivity index (χ3v) is 3.66. The van der Waals surface area contributed by atoms with Crippen molar-refractivity contribution in [2.75, 3.05) is 19.6 Å². The number of rotatable bonds is 7. The van der Waals surface area contributed by atoms with Crippen LogP contribution in [-0.4, -0.2) is 43.6 Å². The summed E-state index contributed by atoms with van der Waals surface area (Å²) in [6.45, 7) is 6.40. The summed E-state index contributed by atoms with van der Waals surface area (Å²) in [6, 6.07) is 0. The van der Waals surface area contributed by atoms with Gasteiger partial charge in [0.1, 0.15) is 0 Å². The Balaban J connectivity index is 4.07. The van der Waals surface area contributed by atoms with Crippen LogP contribution in [0.15, 0.2) is 0 Å². The average Bonchev–Trinajstić information content (AvgIpc) is 2.04. The molecule has 1 atom stereocenters. The highest BCUT2D eigenvalue weighted by atomic mass is 32.2. The Morgan fingerprint density at radius 1 is 1.36 bits per heavy atom. The molecular weight excluding hydrogens is 204 g/mol. The minimum atomic E-state index is -3.35. The SMILES string of the molecule is CCN(CC)S(=O)(=O)NCCC(C)O. The van der Waals surface area contributed by atoms with E-state index < -0.39 is 16.3 Å². The van der Waals surface area contributed by atoms with Crippen molar-refractivity contribution >= 4 is 10.2 Å². The van der Waals surface area contributed by atoms with Crippen molar-refractivity contribution < 1.29 is 13.5 Å². The van der Waals surface area contributed by atoms with Gasteiger partial charge in [-0.3, -0.25) is 0 Å². The molecule has 2 N–H and O–H groups in total. The molecule has 0 aromatic carbocycles. The van der Waals surface area contributed by atoms with Gasteiger partial charge in [-0.1, -0.05) is 13.8 Å². The Kier molecular flexibility index (Phi) is 6.26. The Hall–Kier alpha value is -0.170. The average molecular weight is 224 g/mol. The maximum absolute atomic E-state index is 11.5. The summed E-state index contributed by atoms with van der Waals surface area (Å²) in [6.07, 6.45) is -0.0464. The molecular formula is C8H20N2O3S. The molecule has 0 amide bonds. The van der Waals surface area contributed by atoms with Gasteiger partial charge >= 0.3 is 0 Å². The van der Waals surface area contributed by atoms with Gasteiger partial charge in [-0.05, 0) is 13.3 Å². The molecule has 1 unspecified atom stereocenters. The number of aliphatic hydroxyl groups excluding tert-OH is 1. The lowest BCUT2D eigenvalue weighted by molar-refractivity contribution is 0.186. The fraction of sp³-hybridized carbons (Fsp3) is 1.00. The number of aliphatic hydroxyl groups is 1. The molecule has 86 valence electrons. The van der Waals surface area contributed by atoms with Crippen molar-refractivity contribution in [1.29, 1.82) is 0 Å². The first-order valence-corrected chi connectivity index (χ1v) is 6.30. The normalized spacial score (nSPS) is 14.6. The van der Waals surface area contributed by atoms with Crippen molar-refractivity contribution in [2.24, 2.45) is 0 Å². The summed E-state index contributed by atoms with van der Waals surface area (Å²) in [4.78, 5) is 0. The Morgan fingerprint density at radius 3 is 2.21 bits per heavy atom. The summed E-state index contributed by atoms with van der Waals surface area (Å²) in [5.41, 5.74) is 0. The quantitative estimate of drug-likeness (QED) is 0.636. The van der Waals surface area contributed by atoms with Crippen LogP contribution in [0.25, 0.3) is 0 Å². The predicted molar refractivity (Wildman–Crippen MR) is 56.1 cm³/mol. The summed E-state index contributed by atoms with van der Waals surface area (Å²) >= 11 is 0. The van der Waals surface area contributed by atoms with Crippen molar-refractivity contribution in [3.63, 3.8) is 0 Å². The maximum atomic E-state index is 11.5. The van der Waals surface area contributed by atoms with Crippen LogP contribution in [0.1, 0.15) is 27.2 Å². The van der Waals surface area contributed by atoms with Gasteiger partial charge in [0.05, 0.1) is 6.10 Å². The highest BCUT2D eigenvalue weighted by molar-refractivity contribution is 7.87. The standard InChI is InChI=1S/C8H20N2O3S/c1-4-10(5-2)14(12,13)9-7-6-8(3)11/h8-9,11H,4-7H2,1-3H3. The van der Waals surface area contributed by atoms with E-state index in [9.17, 15) is 8.42 Å². The van der Waals surface area contributed by atoms with Crippen molar-refractivity contribution in [3.05, 3.63) is 0 Å². The van der Waals surface area contributed by atoms with Crippen molar-refractivity contribution in [1.82, 2.24) is 9.03 Å². The van der Waals surface area contributed by atoms with E-state index in [2.05, 4.69) is 4.72 Å². The van der Waals surface area contributed by atoms with Gasteiger partial charge in [-0.25, -0.2) is 4.72 Å². The predicted octanol–water partition coefficient (Wildman–Crippen LogP) is -0.0665. The molecule has 0 aromatic rings. The van der Waals surface area contributed by atoms with Crippen LogP contribution in [0.3, 0.4) is 0 Å². The van der Waals surface area contributed by atoms with Crippen LogP contribution in [-0.2, 0) is 10.2 Å². The van der Waals surface area contributed by atoms with Crippen LogP contribution in [0, 0.1) is 0 Å². The number of nitrogens with one attached hydrogen (secondary N) is 1. The second-order valence-corrected chi connectivity index (χ2v) is 4.88. The Labute approximate surface area is 86.3 Å². The van der Waals surface area contributed by atoms with Gasteiger partial charge in [-0.2, -0.15) is 12.7 Å². The van der Waals surface area contributed by atoms with Crippen LogP contribution in [0.2, 0.25) is 0 Å². The second-order valence-electron chi connectivity index (χ2n) is 3.12. The summed E-state index contributed by atoms with van der Waals surface area (Å²) in [5.74, 6) is 0. The molecule has 0 aromatic heterocycles. The molecule has 0 fully saturated rings. The molecule has 6 heteroatoms. The maximum Gasteiger partial charge on any atom is 0.279 e. The molecule has 0 spiro atoms. The number of nitrogens with zero attached hydrogens (tertiary/aromatic N) is 1. The largest absolute Gasteiger partial charge is 0.393 e. The zero-order valence-corrected chi connectivity index (χ0v) is 9.84. The monoisotopic (exact) mass is 224 g/mol. The van der Waals surface area contributed by atoms with Gasteiger partial charge in [0, 0.05) is 19.6 Å². The molecule has 14 heavy (non-hydrogen) atoms. The van der Waals surface area contributed by atoms with Crippen LogP contribution < -0.4 is 4.72 Å². The van der Waals surface area contributed by atoms with Gasteiger partial charge in [-0.15, -0.1) is 0 Å². The van der Waals surface area contributed by atoms with Gasteiger partial charge in [0.15, 0.2) is 0 Å². The lowest BCUT2D eigenvalue weighted by Crippen LogP contribution is -2.41. The van der Waals surface area contributed by atoms with Crippen LogP contribution in [0.5, 0.6) is 0 Å². The zero-order chi connectivity index (χ0) is 11.2. The van der Waals surface area contributed by atoms with Gasteiger partial charge < -0.3 is 5.11 Å². The molecule has 0 aliphatic rings. The molecule has 0 saturated heterocycles. The van der Waals surface area contributed by atoms with E-state index in [1.54, 1.807) is 20.8 Å². The number of hydrogen-bond acceptors (Lipinski definition) is 3. The van der Waals surface area contributed by atoms with Crippen LogP contribution in [0.4, 0.5) is 0 Å². The van der Waals surface area contributed by atoms with E-state index in [0.717, 1.165) is 0 Å². The molecule has 0 heterocycles. The first-order chi connectivity index (χ1) is 6.44. The van der Waals surface area contributed by atoms with Crippen molar-refractivity contribution in [3.8, 4) is 0 Å². The third kappa shape index (κ3) is 4.90. The minimum Gasteiger partial charge on any atom is -0.393 e. The first kappa shape index (κ1) is 13.8. The van der Waals surface area contributed by atoms with E-state index in [0.29, 0.717) is 19.5 Å². The Morgan fingerprint density at radius 2 is 1.86 bits per heavy atom. The number of hydrogen-bond donors (Lipinski definition) is 2. The van der Waals surface area contributed by atoms with E-state index in [4.69, 9.17) is 5.11 Å². The van der Waals surface area contributed by atoms with Crippen molar-refractivity contribution in [2.45, 2.75) is 33.3 Å². The molecule has 0 aliphatic heterocycles. The van der Waals surface area contributed by atoms with Gasteiger partial charge in [0.25, 0.3) is 10.2 Å². The zero-order valence-electron chi connectivity index (χ0n) is 9.02. The van der Waals surface area contributed by atoms with Crippen LogP contribution >= 0.6 is 0 Å². The highest BCUT2D eigenvalue weighted by Crippen LogP contribution is 1.97. The van der Waals surface area contributed by atoms with E-state index in [1.807, 2.05) is 0 Å². The fourth-order valence-corrected chi connectivity index (χ4v) is 2.29. The van der Waals surface area contributed by atoms with Gasteiger partial charge in [0.2, 0.25) is 0 Å². The summed E-state index contributed by atoms with van der Waals surface area (Å²) in [7, 11) is -3.35. The lowest BCUT2D eigenvalue weighted by Gasteiger charge is -2.18. The molecule has 0 radical (unpaired) electrons. The third-order valence-electron chi connectivity index (χ3n) is 1.89. The van der Waals surface area contributed by atoms with E-state index >= 15 is 0 Å². The van der Waals surface area contributed by atoms with E-state index in [-0.39, 0.29) is 6.54 Å². The molecule has 0 aliphatic carbocycles. The second kappa shape index (κ2) is 6.34. The summed E-state index contributed by atoms with van der Waals surface area (Å²) in [5, 5.41) is 8.95. The smallest absolute Gasteiger partial charge is 0.279 e. The first-order valence-electron chi connectivity index (χ1n) is 4.86.